The van der Waals surface area contributed by atoms with Crippen LogP contribution in [0.5, 0.6) is 23.0 Å². The molecule has 152 valence electrons. The maximum atomic E-state index is 5.59. The molecule has 1 aliphatic rings. The maximum absolute atomic E-state index is 5.59. The number of ether oxygens (including phenoxy) is 4. The molecule has 0 aliphatic carbocycles. The number of nitrogens with one attached hydrogen (secondary N) is 2. The highest BCUT2D eigenvalue weighted by molar-refractivity contribution is 5.46. The quantitative estimate of drug-likeness (QED) is 0.679. The second-order valence-electron chi connectivity index (χ2n) is 7.23. The maximum Gasteiger partial charge on any atom is 0.169 e. The SMILES string of the molecule is COc1cc(C[NH+]2CC[NH+](Cc3cccc(OC)c3OC)CC2)cc(OC)c1. The zero-order valence-electron chi connectivity index (χ0n) is 17.3. The first-order chi connectivity index (χ1) is 13.7. The Hall–Kier alpha value is -2.44. The van der Waals surface area contributed by atoms with Crippen molar-refractivity contribution in [3.63, 3.8) is 0 Å². The number of rotatable bonds is 8. The normalized spacial score (nSPS) is 19.1. The van der Waals surface area contributed by atoms with E-state index in [-0.39, 0.29) is 0 Å². The van der Waals surface area contributed by atoms with Gasteiger partial charge in [-0.2, -0.15) is 0 Å². The first-order valence-electron chi connectivity index (χ1n) is 9.75. The minimum Gasteiger partial charge on any atom is -0.497 e. The summed E-state index contributed by atoms with van der Waals surface area (Å²) in [6.45, 7) is 6.50. The van der Waals surface area contributed by atoms with E-state index < -0.39 is 0 Å². The number of hydrogen-bond acceptors (Lipinski definition) is 4. The van der Waals surface area contributed by atoms with Gasteiger partial charge in [0, 0.05) is 11.6 Å². The highest BCUT2D eigenvalue weighted by Crippen LogP contribution is 2.30. The molecule has 1 fully saturated rings. The summed E-state index contributed by atoms with van der Waals surface area (Å²) in [5.74, 6) is 3.36. The molecule has 0 amide bonds. The summed E-state index contributed by atoms with van der Waals surface area (Å²) in [7, 11) is 6.78. The lowest BCUT2D eigenvalue weighted by Gasteiger charge is -2.30. The second kappa shape index (κ2) is 9.66. The molecule has 6 nitrogen and oxygen atoms in total. The summed E-state index contributed by atoms with van der Waals surface area (Å²) in [4.78, 5) is 3.18. The van der Waals surface area contributed by atoms with E-state index >= 15 is 0 Å². The number of quaternary nitrogens is 2. The van der Waals surface area contributed by atoms with Crippen LogP contribution in [0.4, 0.5) is 0 Å². The van der Waals surface area contributed by atoms with Crippen molar-refractivity contribution in [2.75, 3.05) is 54.6 Å². The van der Waals surface area contributed by atoms with Gasteiger partial charge in [0.1, 0.15) is 50.8 Å². The molecular formula is C22H32N2O4+2. The Morgan fingerprint density at radius 3 is 1.86 bits per heavy atom. The molecule has 0 atom stereocenters. The summed E-state index contributed by atoms with van der Waals surface area (Å²) in [5, 5.41) is 0. The van der Waals surface area contributed by atoms with Gasteiger partial charge >= 0.3 is 0 Å². The summed E-state index contributed by atoms with van der Waals surface area (Å²) >= 11 is 0. The predicted octanol–water partition coefficient (Wildman–Crippen LogP) is 0.205. The van der Waals surface area contributed by atoms with Crippen LogP contribution in [0.15, 0.2) is 36.4 Å². The van der Waals surface area contributed by atoms with Crippen LogP contribution in [0.25, 0.3) is 0 Å². The highest BCUT2D eigenvalue weighted by atomic mass is 16.5. The van der Waals surface area contributed by atoms with Gasteiger partial charge in [0.25, 0.3) is 0 Å². The zero-order chi connectivity index (χ0) is 19.9. The van der Waals surface area contributed by atoms with Crippen LogP contribution in [0, 0.1) is 0 Å². The smallest absolute Gasteiger partial charge is 0.169 e. The minimum atomic E-state index is 0.802. The number of piperazine rings is 1. The average Bonchev–Trinajstić information content (AvgIpc) is 2.74. The average molecular weight is 389 g/mol. The van der Waals surface area contributed by atoms with Crippen LogP contribution < -0.4 is 28.7 Å². The van der Waals surface area contributed by atoms with Crippen molar-refractivity contribution in [2.24, 2.45) is 0 Å². The van der Waals surface area contributed by atoms with Gasteiger partial charge in [-0.25, -0.2) is 0 Å². The van der Waals surface area contributed by atoms with Gasteiger partial charge in [-0.3, -0.25) is 0 Å². The molecule has 3 rings (SSSR count). The molecular weight excluding hydrogens is 356 g/mol. The number of benzene rings is 2. The molecule has 2 N–H and O–H groups in total. The predicted molar refractivity (Wildman–Crippen MR) is 108 cm³/mol. The minimum absolute atomic E-state index is 0.802. The van der Waals surface area contributed by atoms with Gasteiger partial charge in [-0.1, -0.05) is 6.07 Å². The van der Waals surface area contributed by atoms with Crippen molar-refractivity contribution >= 4 is 0 Å². The lowest BCUT2D eigenvalue weighted by atomic mass is 10.1. The van der Waals surface area contributed by atoms with Crippen molar-refractivity contribution < 1.29 is 28.7 Å². The van der Waals surface area contributed by atoms with Crippen molar-refractivity contribution in [1.29, 1.82) is 0 Å². The van der Waals surface area contributed by atoms with Crippen LogP contribution in [-0.2, 0) is 13.1 Å². The third-order valence-corrected chi connectivity index (χ3v) is 5.45. The molecule has 6 heteroatoms. The van der Waals surface area contributed by atoms with Gasteiger partial charge in [-0.05, 0) is 24.3 Å². The molecule has 2 aromatic carbocycles. The Labute approximate surface area is 167 Å². The largest absolute Gasteiger partial charge is 0.497 e. The Balaban J connectivity index is 1.58. The Bertz CT molecular complexity index is 751. The second-order valence-corrected chi connectivity index (χ2v) is 7.23. The Morgan fingerprint density at radius 2 is 1.32 bits per heavy atom. The van der Waals surface area contributed by atoms with Gasteiger partial charge in [0.15, 0.2) is 11.5 Å². The monoisotopic (exact) mass is 388 g/mol. The van der Waals surface area contributed by atoms with E-state index in [4.69, 9.17) is 18.9 Å². The summed E-state index contributed by atoms with van der Waals surface area (Å²) in [6, 6.07) is 12.3. The molecule has 1 saturated heterocycles. The molecule has 0 radical (unpaired) electrons. The van der Waals surface area contributed by atoms with Gasteiger partial charge in [-0.15, -0.1) is 0 Å². The van der Waals surface area contributed by atoms with Crippen molar-refractivity contribution in [2.45, 2.75) is 13.1 Å². The lowest BCUT2D eigenvalue weighted by Crippen LogP contribution is -3.27. The number of hydrogen-bond donors (Lipinski definition) is 2. The van der Waals surface area contributed by atoms with E-state index in [9.17, 15) is 0 Å². The van der Waals surface area contributed by atoms with E-state index in [1.165, 1.54) is 11.1 Å². The molecule has 0 unspecified atom stereocenters. The highest BCUT2D eigenvalue weighted by Gasteiger charge is 2.25. The zero-order valence-corrected chi connectivity index (χ0v) is 17.3. The third kappa shape index (κ3) is 4.88. The first kappa shape index (κ1) is 20.3. The lowest BCUT2D eigenvalue weighted by molar-refractivity contribution is -1.02. The van der Waals surface area contributed by atoms with Crippen LogP contribution in [0.3, 0.4) is 0 Å². The molecule has 0 bridgehead atoms. The Kier molecular flexibility index (Phi) is 7.01. The van der Waals surface area contributed by atoms with E-state index in [0.29, 0.717) is 0 Å². The summed E-state index contributed by atoms with van der Waals surface area (Å²) in [5.41, 5.74) is 2.46. The van der Waals surface area contributed by atoms with E-state index in [1.54, 1.807) is 38.2 Å². The van der Waals surface area contributed by atoms with E-state index in [0.717, 1.165) is 62.3 Å². The third-order valence-electron chi connectivity index (χ3n) is 5.45. The topological polar surface area (TPSA) is 45.8 Å². The molecule has 0 aromatic heterocycles. The van der Waals surface area contributed by atoms with Crippen molar-refractivity contribution in [3.05, 3.63) is 47.5 Å². The van der Waals surface area contributed by atoms with Gasteiger partial charge in [0.2, 0.25) is 0 Å². The fourth-order valence-electron chi connectivity index (χ4n) is 3.93. The molecule has 2 aromatic rings. The van der Waals surface area contributed by atoms with Crippen molar-refractivity contribution in [3.8, 4) is 23.0 Å². The molecule has 1 aliphatic heterocycles. The van der Waals surface area contributed by atoms with E-state index in [2.05, 4.69) is 18.2 Å². The van der Waals surface area contributed by atoms with Gasteiger partial charge < -0.3 is 28.7 Å². The summed E-state index contributed by atoms with van der Waals surface area (Å²) in [6.07, 6.45) is 0. The Morgan fingerprint density at radius 1 is 0.714 bits per heavy atom. The molecule has 0 saturated carbocycles. The van der Waals surface area contributed by atoms with Crippen molar-refractivity contribution in [1.82, 2.24) is 0 Å². The molecule has 0 spiro atoms. The van der Waals surface area contributed by atoms with Crippen LogP contribution in [0.2, 0.25) is 0 Å². The molecule has 1 heterocycles. The summed E-state index contributed by atoms with van der Waals surface area (Å²) < 4.78 is 21.8. The van der Waals surface area contributed by atoms with Gasteiger partial charge in [0.05, 0.1) is 34.0 Å². The molecule has 28 heavy (non-hydrogen) atoms. The van der Waals surface area contributed by atoms with Crippen LogP contribution in [-0.4, -0.2) is 54.6 Å². The standard InChI is InChI=1S/C22H30N2O4/c1-25-19-12-17(13-20(14-19)26-2)15-23-8-10-24(11-9-23)16-18-6-5-7-21(27-3)22(18)28-4/h5-7,12-14H,8-11,15-16H2,1-4H3/p+2. The number of methoxy groups -OCH3 is 4. The van der Waals surface area contributed by atoms with E-state index in [1.807, 2.05) is 18.2 Å². The van der Waals surface area contributed by atoms with Crippen LogP contribution in [0.1, 0.15) is 11.1 Å². The fourth-order valence-corrected chi connectivity index (χ4v) is 3.93. The van der Waals surface area contributed by atoms with Crippen LogP contribution >= 0.6 is 0 Å². The number of para-hydroxylation sites is 1. The first-order valence-corrected chi connectivity index (χ1v) is 9.75. The fraction of sp³-hybridized carbons (Fsp3) is 0.455.